The van der Waals surface area contributed by atoms with E-state index in [0.29, 0.717) is 18.3 Å². The Balaban J connectivity index is 2.39. The summed E-state index contributed by atoms with van der Waals surface area (Å²) in [5.74, 6) is 1.08. The number of aryl methyl sites for hydroxylation is 1. The third kappa shape index (κ3) is 3.51. The van der Waals surface area contributed by atoms with E-state index in [4.69, 9.17) is 9.47 Å². The maximum atomic E-state index is 5.21. The van der Waals surface area contributed by atoms with Gasteiger partial charge in [0.2, 0.25) is 5.88 Å². The summed E-state index contributed by atoms with van der Waals surface area (Å²) in [4.78, 5) is 13.4. The molecule has 2 heterocycles. The number of rotatable bonds is 6. The summed E-state index contributed by atoms with van der Waals surface area (Å²) in [6.45, 7) is 2.55. The lowest BCUT2D eigenvalue weighted by atomic mass is 10.2. The Kier molecular flexibility index (Phi) is 5.01. The topological polar surface area (TPSA) is 57.1 Å². The van der Waals surface area contributed by atoms with Gasteiger partial charge < -0.3 is 9.47 Å². The molecule has 0 saturated carbocycles. The second-order valence-corrected chi connectivity index (χ2v) is 4.42. The zero-order valence-corrected chi connectivity index (χ0v) is 12.1. The number of pyridine rings is 1. The number of hydrogen-bond acceptors (Lipinski definition) is 5. The van der Waals surface area contributed by atoms with E-state index in [1.54, 1.807) is 20.3 Å². The first-order chi connectivity index (χ1) is 9.76. The zero-order valence-electron chi connectivity index (χ0n) is 12.1. The smallest absolute Gasteiger partial charge is 0.216 e. The highest BCUT2D eigenvalue weighted by Crippen LogP contribution is 2.18. The molecule has 0 spiro atoms. The van der Waals surface area contributed by atoms with Gasteiger partial charge >= 0.3 is 0 Å². The van der Waals surface area contributed by atoms with Crippen molar-refractivity contribution in [2.75, 3.05) is 14.2 Å². The minimum absolute atomic E-state index is 0.417. The van der Waals surface area contributed by atoms with Crippen LogP contribution in [0.15, 0.2) is 24.3 Å². The second kappa shape index (κ2) is 6.96. The van der Waals surface area contributed by atoms with Crippen molar-refractivity contribution in [3.8, 4) is 17.4 Å². The first-order valence-corrected chi connectivity index (χ1v) is 6.64. The number of ether oxygens (including phenoxy) is 2. The monoisotopic (exact) mass is 273 g/mol. The third-order valence-corrected chi connectivity index (χ3v) is 2.80. The molecule has 2 aromatic heterocycles. The van der Waals surface area contributed by atoms with Gasteiger partial charge in [-0.15, -0.1) is 0 Å². The highest BCUT2D eigenvalue weighted by Gasteiger charge is 2.09. The van der Waals surface area contributed by atoms with Gasteiger partial charge in [-0.05, 0) is 18.6 Å². The Morgan fingerprint density at radius 1 is 1.05 bits per heavy atom. The summed E-state index contributed by atoms with van der Waals surface area (Å²) < 4.78 is 10.3. The molecule has 0 N–H and O–H groups in total. The first kappa shape index (κ1) is 14.4. The van der Waals surface area contributed by atoms with Crippen LogP contribution in [0.1, 0.15) is 24.7 Å². The minimum atomic E-state index is 0.417. The van der Waals surface area contributed by atoms with Gasteiger partial charge in [-0.2, -0.15) is 4.98 Å². The summed E-state index contributed by atoms with van der Waals surface area (Å²) >= 11 is 0. The average Bonchev–Trinajstić information content (AvgIpc) is 2.48. The Morgan fingerprint density at radius 2 is 1.90 bits per heavy atom. The van der Waals surface area contributed by atoms with Gasteiger partial charge in [-0.25, -0.2) is 9.97 Å². The van der Waals surface area contributed by atoms with E-state index in [2.05, 4.69) is 21.9 Å². The van der Waals surface area contributed by atoms with Crippen LogP contribution >= 0.6 is 0 Å². The largest absolute Gasteiger partial charge is 0.481 e. The molecule has 2 aromatic rings. The Bertz CT molecular complexity index is 573. The van der Waals surface area contributed by atoms with Crippen molar-refractivity contribution in [1.29, 1.82) is 0 Å². The minimum Gasteiger partial charge on any atom is -0.481 e. The molecule has 0 unspecified atom stereocenters. The SMILES string of the molecule is CCCc1cccc(-c2nc(COC)cc(OC)n2)n1. The molecule has 0 aliphatic rings. The molecule has 5 nitrogen and oxygen atoms in total. The Morgan fingerprint density at radius 3 is 2.60 bits per heavy atom. The molecule has 0 bridgehead atoms. The van der Waals surface area contributed by atoms with E-state index in [1.807, 2.05) is 18.2 Å². The molecule has 0 radical (unpaired) electrons. The van der Waals surface area contributed by atoms with Crippen molar-refractivity contribution in [2.24, 2.45) is 0 Å². The van der Waals surface area contributed by atoms with Crippen molar-refractivity contribution in [3.63, 3.8) is 0 Å². The molecular weight excluding hydrogens is 254 g/mol. The third-order valence-electron chi connectivity index (χ3n) is 2.80. The van der Waals surface area contributed by atoms with Crippen LogP contribution < -0.4 is 4.74 Å². The maximum Gasteiger partial charge on any atom is 0.216 e. The van der Waals surface area contributed by atoms with Crippen LogP contribution in [0.4, 0.5) is 0 Å². The molecule has 0 atom stereocenters. The fourth-order valence-electron chi connectivity index (χ4n) is 1.91. The van der Waals surface area contributed by atoms with Crippen molar-refractivity contribution >= 4 is 0 Å². The van der Waals surface area contributed by atoms with Crippen LogP contribution in [-0.4, -0.2) is 29.2 Å². The van der Waals surface area contributed by atoms with E-state index >= 15 is 0 Å². The quantitative estimate of drug-likeness (QED) is 0.809. The van der Waals surface area contributed by atoms with Gasteiger partial charge in [0.25, 0.3) is 0 Å². The lowest BCUT2D eigenvalue weighted by Gasteiger charge is -2.07. The predicted molar refractivity (Wildman–Crippen MR) is 76.5 cm³/mol. The Labute approximate surface area is 119 Å². The van der Waals surface area contributed by atoms with Crippen LogP contribution in [0, 0.1) is 0 Å². The van der Waals surface area contributed by atoms with Gasteiger partial charge in [0, 0.05) is 18.9 Å². The van der Waals surface area contributed by atoms with Crippen LogP contribution in [-0.2, 0) is 17.8 Å². The summed E-state index contributed by atoms with van der Waals surface area (Å²) in [7, 11) is 3.22. The lowest BCUT2D eigenvalue weighted by molar-refractivity contribution is 0.181. The van der Waals surface area contributed by atoms with Crippen LogP contribution in [0.2, 0.25) is 0 Å². The highest BCUT2D eigenvalue weighted by atomic mass is 16.5. The van der Waals surface area contributed by atoms with Gasteiger partial charge in [0.15, 0.2) is 5.82 Å². The molecule has 20 heavy (non-hydrogen) atoms. The van der Waals surface area contributed by atoms with Crippen LogP contribution in [0.25, 0.3) is 11.5 Å². The zero-order chi connectivity index (χ0) is 14.4. The van der Waals surface area contributed by atoms with Gasteiger partial charge in [0.05, 0.1) is 19.4 Å². The number of hydrogen-bond donors (Lipinski definition) is 0. The van der Waals surface area contributed by atoms with E-state index in [-0.39, 0.29) is 0 Å². The predicted octanol–water partition coefficient (Wildman–Crippen LogP) is 2.65. The van der Waals surface area contributed by atoms with Crippen LogP contribution in [0.5, 0.6) is 5.88 Å². The number of aromatic nitrogens is 3. The molecule has 0 aromatic carbocycles. The fraction of sp³-hybridized carbons (Fsp3) is 0.400. The normalized spacial score (nSPS) is 10.6. The molecule has 106 valence electrons. The van der Waals surface area contributed by atoms with Gasteiger partial charge in [-0.3, -0.25) is 0 Å². The van der Waals surface area contributed by atoms with Crippen LogP contribution in [0.3, 0.4) is 0 Å². The molecule has 5 heteroatoms. The standard InChI is InChI=1S/C15H19N3O2/c1-4-6-11-7-5-8-13(16-11)15-17-12(10-19-2)9-14(18-15)20-3/h5,7-9H,4,6,10H2,1-3H3. The van der Waals surface area contributed by atoms with Gasteiger partial charge in [-0.1, -0.05) is 19.4 Å². The molecular formula is C15H19N3O2. The van der Waals surface area contributed by atoms with Crippen molar-refractivity contribution in [2.45, 2.75) is 26.4 Å². The van der Waals surface area contributed by atoms with Gasteiger partial charge in [0.1, 0.15) is 5.69 Å². The molecule has 0 saturated heterocycles. The number of methoxy groups -OCH3 is 2. The molecule has 0 amide bonds. The van der Waals surface area contributed by atoms with E-state index in [1.165, 1.54) is 0 Å². The Hall–Kier alpha value is -2.01. The second-order valence-electron chi connectivity index (χ2n) is 4.42. The molecule has 0 aliphatic carbocycles. The van der Waals surface area contributed by atoms with E-state index < -0.39 is 0 Å². The van der Waals surface area contributed by atoms with Crippen molar-refractivity contribution < 1.29 is 9.47 Å². The summed E-state index contributed by atoms with van der Waals surface area (Å²) in [6, 6.07) is 7.67. The lowest BCUT2D eigenvalue weighted by Crippen LogP contribution is -2.02. The molecule has 2 rings (SSSR count). The summed E-state index contributed by atoms with van der Waals surface area (Å²) in [5.41, 5.74) is 2.58. The van der Waals surface area contributed by atoms with E-state index in [9.17, 15) is 0 Å². The fourth-order valence-corrected chi connectivity index (χ4v) is 1.91. The first-order valence-electron chi connectivity index (χ1n) is 6.64. The highest BCUT2D eigenvalue weighted by molar-refractivity contribution is 5.50. The van der Waals surface area contributed by atoms with E-state index in [0.717, 1.165) is 29.9 Å². The summed E-state index contributed by atoms with van der Waals surface area (Å²) in [6.07, 6.45) is 2.01. The summed E-state index contributed by atoms with van der Waals surface area (Å²) in [5, 5.41) is 0. The molecule has 0 fully saturated rings. The maximum absolute atomic E-state index is 5.21. The van der Waals surface area contributed by atoms with Crippen molar-refractivity contribution in [1.82, 2.24) is 15.0 Å². The van der Waals surface area contributed by atoms with Crippen molar-refractivity contribution in [3.05, 3.63) is 35.7 Å². The molecule has 0 aliphatic heterocycles. The number of nitrogens with zero attached hydrogens (tertiary/aromatic N) is 3. The average molecular weight is 273 g/mol.